The third-order valence-electron chi connectivity index (χ3n) is 5.09. The van der Waals surface area contributed by atoms with Crippen LogP contribution in [0.3, 0.4) is 0 Å². The number of terminal acetylenes is 1. The van der Waals surface area contributed by atoms with Crippen molar-refractivity contribution in [3.05, 3.63) is 46.6 Å². The summed E-state index contributed by atoms with van der Waals surface area (Å²) in [5, 5.41) is 16.7. The van der Waals surface area contributed by atoms with Gasteiger partial charge in [-0.1, -0.05) is 0 Å². The Hall–Kier alpha value is -3.50. The van der Waals surface area contributed by atoms with E-state index in [2.05, 4.69) is 32.8 Å². The molecule has 0 aliphatic carbocycles. The molecular weight excluding hydrogens is 382 g/mol. The number of carbonyl (C=O) groups excluding carboxylic acids is 1. The van der Waals surface area contributed by atoms with Crippen molar-refractivity contribution in [2.24, 2.45) is 0 Å². The summed E-state index contributed by atoms with van der Waals surface area (Å²) in [6.07, 6.45) is 5.47. The Balaban J connectivity index is 1.72. The smallest absolute Gasteiger partial charge is 0.263 e. The highest BCUT2D eigenvalue weighted by Gasteiger charge is 2.24. The quantitative estimate of drug-likeness (QED) is 0.477. The van der Waals surface area contributed by atoms with Gasteiger partial charge in [0, 0.05) is 33.6 Å². The number of amides is 1. The van der Waals surface area contributed by atoms with Crippen LogP contribution in [-0.2, 0) is 0 Å². The number of hydrogen-bond acceptors (Lipinski definition) is 6. The number of hydrogen-bond donors (Lipinski definition) is 2. The molecule has 0 spiro atoms. The van der Waals surface area contributed by atoms with E-state index in [1.165, 1.54) is 11.3 Å². The van der Waals surface area contributed by atoms with Crippen LogP contribution in [0.4, 0.5) is 5.69 Å². The van der Waals surface area contributed by atoms with E-state index in [0.717, 1.165) is 43.6 Å². The van der Waals surface area contributed by atoms with Gasteiger partial charge in [0.2, 0.25) is 0 Å². The van der Waals surface area contributed by atoms with Crippen LogP contribution in [0.25, 0.3) is 32.2 Å². The van der Waals surface area contributed by atoms with E-state index in [9.17, 15) is 4.79 Å². The second kappa shape index (κ2) is 6.54. The summed E-state index contributed by atoms with van der Waals surface area (Å²) in [5.74, 6) is 2.49. The molecule has 2 N–H and O–H groups in total. The van der Waals surface area contributed by atoms with Crippen LogP contribution in [0.1, 0.15) is 28.0 Å². The number of pyridine rings is 1. The Morgan fingerprint density at radius 3 is 2.93 bits per heavy atom. The number of anilines is 1. The molecule has 0 unspecified atom stereocenters. The van der Waals surface area contributed by atoms with Gasteiger partial charge in [-0.3, -0.25) is 4.79 Å². The number of rotatable bonds is 1. The van der Waals surface area contributed by atoms with Crippen LogP contribution in [0, 0.1) is 19.3 Å². The lowest BCUT2D eigenvalue weighted by molar-refractivity contribution is 0.0949. The first-order chi connectivity index (χ1) is 14.0. The van der Waals surface area contributed by atoms with Crippen LogP contribution in [0.5, 0.6) is 0 Å². The zero-order valence-electron chi connectivity index (χ0n) is 15.9. The van der Waals surface area contributed by atoms with Gasteiger partial charge in [-0.25, -0.2) is 4.98 Å². The number of thiophene rings is 1. The molecule has 7 heteroatoms. The van der Waals surface area contributed by atoms with E-state index >= 15 is 0 Å². The Kier molecular flexibility index (Phi) is 3.96. The molecule has 0 saturated heterocycles. The molecular formula is C22H17N5OS. The number of nitrogens with one attached hydrogen (secondary N) is 2. The minimum atomic E-state index is -0.0308. The monoisotopic (exact) mass is 399 g/mol. The molecule has 0 bridgehead atoms. The van der Waals surface area contributed by atoms with Gasteiger partial charge in [0.15, 0.2) is 0 Å². The van der Waals surface area contributed by atoms with E-state index in [4.69, 9.17) is 11.4 Å². The van der Waals surface area contributed by atoms with Crippen molar-refractivity contribution >= 4 is 43.9 Å². The maximum atomic E-state index is 12.6. The molecule has 0 fully saturated rings. The average molecular weight is 399 g/mol. The third-order valence-corrected chi connectivity index (χ3v) is 6.25. The zero-order chi connectivity index (χ0) is 20.1. The second-order valence-corrected chi connectivity index (χ2v) is 8.19. The van der Waals surface area contributed by atoms with Crippen LogP contribution in [0.2, 0.25) is 0 Å². The maximum Gasteiger partial charge on any atom is 0.263 e. The van der Waals surface area contributed by atoms with Crippen molar-refractivity contribution in [1.82, 2.24) is 20.5 Å². The number of nitrogens with zero attached hydrogens (tertiary/aromatic N) is 3. The van der Waals surface area contributed by atoms with E-state index < -0.39 is 0 Å². The molecule has 0 saturated carbocycles. The molecule has 4 aromatic rings. The molecule has 1 amide bonds. The molecule has 29 heavy (non-hydrogen) atoms. The molecule has 1 atom stereocenters. The van der Waals surface area contributed by atoms with E-state index in [-0.39, 0.29) is 11.9 Å². The predicted molar refractivity (Wildman–Crippen MR) is 116 cm³/mol. The van der Waals surface area contributed by atoms with Gasteiger partial charge in [-0.05, 0) is 50.1 Å². The lowest BCUT2D eigenvalue weighted by Crippen LogP contribution is -2.34. The first-order valence-electron chi connectivity index (χ1n) is 9.27. The fourth-order valence-electron chi connectivity index (χ4n) is 3.66. The van der Waals surface area contributed by atoms with Crippen LogP contribution >= 0.6 is 11.3 Å². The normalized spacial score (nSPS) is 16.0. The SMILES string of the molecule is C#Cc1cc(-c2ccc3c(ccc4sc5c(c43)NC[C@@H](C)NC5=O)n2)c(C)nn1. The third kappa shape index (κ3) is 2.80. The van der Waals surface area contributed by atoms with Gasteiger partial charge in [0.05, 0.1) is 22.6 Å². The van der Waals surface area contributed by atoms with E-state index in [1.807, 2.05) is 38.1 Å². The van der Waals surface area contributed by atoms with Crippen LogP contribution < -0.4 is 10.6 Å². The largest absolute Gasteiger partial charge is 0.381 e. The van der Waals surface area contributed by atoms with E-state index in [1.54, 1.807) is 0 Å². The molecule has 6 nitrogen and oxygen atoms in total. The van der Waals surface area contributed by atoms with Crippen LogP contribution in [-0.4, -0.2) is 33.7 Å². The molecule has 1 aliphatic rings. The molecule has 3 aromatic heterocycles. The molecule has 4 heterocycles. The molecule has 1 aromatic carbocycles. The van der Waals surface area contributed by atoms with Crippen molar-refractivity contribution < 1.29 is 4.79 Å². The van der Waals surface area contributed by atoms with Gasteiger partial charge >= 0.3 is 0 Å². The van der Waals surface area contributed by atoms with Crippen molar-refractivity contribution in [2.75, 3.05) is 11.9 Å². The molecule has 142 valence electrons. The fourth-order valence-corrected chi connectivity index (χ4v) is 4.76. The summed E-state index contributed by atoms with van der Waals surface area (Å²) in [6.45, 7) is 4.56. The standard InChI is InChI=1S/C22H17N5OS/c1-4-13-9-15(12(3)26-27-13)17-6-5-14-16(25-17)7-8-18-19(14)20-21(29-18)22(28)24-11(2)10-23-20/h1,5-9,11,23H,10H2,2-3H3,(H,24,28)/t11-/m1/s1. The number of benzene rings is 1. The van der Waals surface area contributed by atoms with Crippen LogP contribution in [0.15, 0.2) is 30.3 Å². The van der Waals surface area contributed by atoms with Crippen molar-refractivity contribution in [3.63, 3.8) is 0 Å². The van der Waals surface area contributed by atoms with Gasteiger partial charge < -0.3 is 10.6 Å². The maximum absolute atomic E-state index is 12.6. The zero-order valence-corrected chi connectivity index (χ0v) is 16.7. The number of aromatic nitrogens is 3. The summed E-state index contributed by atoms with van der Waals surface area (Å²) in [6, 6.07) is 9.94. The Labute approximate surface area is 171 Å². The van der Waals surface area contributed by atoms with Crippen molar-refractivity contribution in [2.45, 2.75) is 19.9 Å². The second-order valence-electron chi connectivity index (χ2n) is 7.14. The summed E-state index contributed by atoms with van der Waals surface area (Å²) < 4.78 is 1.06. The number of aryl methyl sites for hydroxylation is 1. The van der Waals surface area contributed by atoms with Gasteiger partial charge in [-0.2, -0.15) is 5.10 Å². The highest BCUT2D eigenvalue weighted by Crippen LogP contribution is 2.41. The van der Waals surface area contributed by atoms with Gasteiger partial charge in [-0.15, -0.1) is 22.9 Å². The Morgan fingerprint density at radius 1 is 1.24 bits per heavy atom. The first-order valence-corrected chi connectivity index (χ1v) is 10.1. The molecule has 1 aliphatic heterocycles. The highest BCUT2D eigenvalue weighted by molar-refractivity contribution is 7.21. The minimum absolute atomic E-state index is 0.0308. The van der Waals surface area contributed by atoms with Gasteiger partial charge in [0.25, 0.3) is 5.91 Å². The topological polar surface area (TPSA) is 79.8 Å². The molecule has 0 radical (unpaired) electrons. The lowest BCUT2D eigenvalue weighted by atomic mass is 10.1. The molecule has 5 rings (SSSR count). The summed E-state index contributed by atoms with van der Waals surface area (Å²) in [5.41, 5.74) is 4.66. The average Bonchev–Trinajstić information content (AvgIpc) is 3.05. The lowest BCUT2D eigenvalue weighted by Gasteiger charge is -2.10. The van der Waals surface area contributed by atoms with Crippen molar-refractivity contribution in [1.29, 1.82) is 0 Å². The van der Waals surface area contributed by atoms with Gasteiger partial charge in [0.1, 0.15) is 10.6 Å². The predicted octanol–water partition coefficient (Wildman–Crippen LogP) is 3.74. The Bertz CT molecular complexity index is 1350. The summed E-state index contributed by atoms with van der Waals surface area (Å²) in [7, 11) is 0. The van der Waals surface area contributed by atoms with Crippen molar-refractivity contribution in [3.8, 4) is 23.6 Å². The summed E-state index contributed by atoms with van der Waals surface area (Å²) in [4.78, 5) is 18.1. The number of carbonyl (C=O) groups is 1. The summed E-state index contributed by atoms with van der Waals surface area (Å²) >= 11 is 1.50. The van der Waals surface area contributed by atoms with E-state index in [0.29, 0.717) is 17.1 Å². The Morgan fingerprint density at radius 2 is 2.10 bits per heavy atom. The fraction of sp³-hybridized carbons (Fsp3) is 0.182. The highest BCUT2D eigenvalue weighted by atomic mass is 32.1. The first kappa shape index (κ1) is 17.6. The minimum Gasteiger partial charge on any atom is -0.381 e. The number of fused-ring (bicyclic) bond motifs is 5.